The van der Waals surface area contributed by atoms with Crippen LogP contribution in [0, 0.1) is 0 Å². The van der Waals surface area contributed by atoms with Crippen LogP contribution in [0.4, 0.5) is 0 Å². The van der Waals surface area contributed by atoms with Crippen LogP contribution >= 0.6 is 0 Å². The van der Waals surface area contributed by atoms with Crippen LogP contribution in [0.5, 0.6) is 5.75 Å². The Morgan fingerprint density at radius 2 is 1.95 bits per heavy atom. The summed E-state index contributed by atoms with van der Waals surface area (Å²) in [6.07, 6.45) is 0. The number of hydrogen-bond acceptors (Lipinski definition) is 3. The summed E-state index contributed by atoms with van der Waals surface area (Å²) < 4.78 is 5.90. The smallest absolute Gasteiger partial charge is 0.120 e. The van der Waals surface area contributed by atoms with E-state index in [4.69, 9.17) is 4.74 Å². The largest absolute Gasteiger partial charge is 0.492 e. The van der Waals surface area contributed by atoms with Gasteiger partial charge in [-0.3, -0.25) is 4.90 Å². The zero-order valence-corrected chi connectivity index (χ0v) is 12.0. The highest BCUT2D eigenvalue weighted by molar-refractivity contribution is 5.83. The minimum absolute atomic E-state index is 0.695. The molecule has 2 aromatic rings. The maximum absolute atomic E-state index is 5.90. The fraction of sp³-hybridized carbons (Fsp3) is 0.412. The van der Waals surface area contributed by atoms with E-state index in [1.165, 1.54) is 10.8 Å². The third-order valence-electron chi connectivity index (χ3n) is 4.05. The maximum atomic E-state index is 5.90. The van der Waals surface area contributed by atoms with Crippen molar-refractivity contribution in [3.05, 3.63) is 42.5 Å². The molecule has 0 amide bonds. The van der Waals surface area contributed by atoms with Gasteiger partial charge < -0.3 is 10.1 Å². The molecule has 0 atom stereocenters. The highest BCUT2D eigenvalue weighted by Gasteiger charge is 2.22. The first-order valence-corrected chi connectivity index (χ1v) is 7.43. The number of rotatable bonds is 6. The maximum Gasteiger partial charge on any atom is 0.120 e. The SMILES string of the molecule is CCN(CCOc1ccc2ccccc2c1)C1CNC1. The van der Waals surface area contributed by atoms with Crippen LogP contribution in [-0.4, -0.2) is 43.7 Å². The van der Waals surface area contributed by atoms with Gasteiger partial charge in [0, 0.05) is 25.7 Å². The molecule has 20 heavy (non-hydrogen) atoms. The molecule has 0 aromatic heterocycles. The van der Waals surface area contributed by atoms with Crippen LogP contribution in [0.15, 0.2) is 42.5 Å². The van der Waals surface area contributed by atoms with Gasteiger partial charge in [-0.05, 0) is 29.4 Å². The third-order valence-corrected chi connectivity index (χ3v) is 4.05. The second-order valence-corrected chi connectivity index (χ2v) is 5.30. The first-order chi connectivity index (χ1) is 9.86. The van der Waals surface area contributed by atoms with Crippen molar-refractivity contribution in [2.75, 3.05) is 32.8 Å². The number of hydrogen-bond donors (Lipinski definition) is 1. The van der Waals surface area contributed by atoms with E-state index in [0.717, 1.165) is 38.5 Å². The first kappa shape index (κ1) is 13.4. The molecular formula is C17H22N2O. The summed E-state index contributed by atoms with van der Waals surface area (Å²) >= 11 is 0. The normalized spacial score (nSPS) is 15.5. The van der Waals surface area contributed by atoms with Crippen molar-refractivity contribution in [3.8, 4) is 5.75 Å². The van der Waals surface area contributed by atoms with Crippen molar-refractivity contribution in [1.29, 1.82) is 0 Å². The Morgan fingerprint density at radius 3 is 2.65 bits per heavy atom. The van der Waals surface area contributed by atoms with E-state index < -0.39 is 0 Å². The van der Waals surface area contributed by atoms with Crippen molar-refractivity contribution in [2.24, 2.45) is 0 Å². The summed E-state index contributed by atoms with van der Waals surface area (Å²) in [6.45, 7) is 7.29. The van der Waals surface area contributed by atoms with E-state index in [9.17, 15) is 0 Å². The average Bonchev–Trinajstić information content (AvgIpc) is 2.44. The van der Waals surface area contributed by atoms with E-state index in [-0.39, 0.29) is 0 Å². The van der Waals surface area contributed by atoms with Gasteiger partial charge in [0.1, 0.15) is 12.4 Å². The lowest BCUT2D eigenvalue weighted by Gasteiger charge is -2.37. The molecule has 1 aliphatic rings. The van der Waals surface area contributed by atoms with Gasteiger partial charge in [0.2, 0.25) is 0 Å². The molecule has 3 heteroatoms. The second kappa shape index (κ2) is 6.25. The fourth-order valence-corrected chi connectivity index (χ4v) is 2.67. The van der Waals surface area contributed by atoms with Gasteiger partial charge >= 0.3 is 0 Å². The number of likely N-dealkylation sites (N-methyl/N-ethyl adjacent to an activating group) is 1. The van der Waals surface area contributed by atoms with E-state index in [0.29, 0.717) is 6.04 Å². The van der Waals surface area contributed by atoms with Crippen LogP contribution in [0.2, 0.25) is 0 Å². The predicted octanol–water partition coefficient (Wildman–Crippen LogP) is 2.51. The predicted molar refractivity (Wildman–Crippen MR) is 83.3 cm³/mol. The molecule has 0 aliphatic carbocycles. The Hall–Kier alpha value is -1.58. The molecule has 0 radical (unpaired) electrons. The summed E-state index contributed by atoms with van der Waals surface area (Å²) in [4.78, 5) is 2.48. The highest BCUT2D eigenvalue weighted by Crippen LogP contribution is 2.20. The van der Waals surface area contributed by atoms with Crippen LogP contribution in [0.25, 0.3) is 10.8 Å². The van der Waals surface area contributed by atoms with E-state index in [1.807, 2.05) is 0 Å². The molecule has 3 rings (SSSR count). The van der Waals surface area contributed by atoms with Crippen LogP contribution in [0.3, 0.4) is 0 Å². The van der Waals surface area contributed by atoms with Gasteiger partial charge in [0.25, 0.3) is 0 Å². The molecule has 1 aliphatic heterocycles. The standard InChI is InChI=1S/C17H22N2O/c1-2-19(16-12-18-13-16)9-10-20-17-8-7-14-5-3-4-6-15(14)11-17/h3-8,11,16,18H,2,9-10,12-13H2,1H3. The van der Waals surface area contributed by atoms with Crippen LogP contribution in [-0.2, 0) is 0 Å². The zero-order valence-electron chi connectivity index (χ0n) is 12.0. The Balaban J connectivity index is 1.56. The number of nitrogens with zero attached hydrogens (tertiary/aromatic N) is 1. The van der Waals surface area contributed by atoms with E-state index >= 15 is 0 Å². The summed E-state index contributed by atoms with van der Waals surface area (Å²) in [7, 11) is 0. The van der Waals surface area contributed by atoms with Crippen molar-refractivity contribution >= 4 is 10.8 Å². The number of ether oxygens (including phenoxy) is 1. The minimum atomic E-state index is 0.695. The zero-order chi connectivity index (χ0) is 13.8. The average molecular weight is 270 g/mol. The molecule has 1 heterocycles. The first-order valence-electron chi connectivity index (χ1n) is 7.43. The Labute approximate surface area is 120 Å². The summed E-state index contributed by atoms with van der Waals surface area (Å²) in [5.41, 5.74) is 0. The van der Waals surface area contributed by atoms with Gasteiger partial charge in [-0.15, -0.1) is 0 Å². The minimum Gasteiger partial charge on any atom is -0.492 e. The lowest BCUT2D eigenvalue weighted by Crippen LogP contribution is -2.57. The summed E-state index contributed by atoms with van der Waals surface area (Å²) in [6, 6.07) is 15.4. The van der Waals surface area contributed by atoms with Gasteiger partial charge in [-0.1, -0.05) is 37.3 Å². The number of fused-ring (bicyclic) bond motifs is 1. The molecule has 2 aromatic carbocycles. The molecule has 1 N–H and O–H groups in total. The highest BCUT2D eigenvalue weighted by atomic mass is 16.5. The van der Waals surface area contributed by atoms with Gasteiger partial charge in [-0.25, -0.2) is 0 Å². The van der Waals surface area contributed by atoms with Crippen molar-refractivity contribution in [3.63, 3.8) is 0 Å². The lowest BCUT2D eigenvalue weighted by atomic mass is 10.1. The molecule has 1 saturated heterocycles. The molecule has 0 spiro atoms. The monoisotopic (exact) mass is 270 g/mol. The number of benzene rings is 2. The van der Waals surface area contributed by atoms with Crippen molar-refractivity contribution in [2.45, 2.75) is 13.0 Å². The Kier molecular flexibility index (Phi) is 4.19. The molecule has 0 unspecified atom stereocenters. The van der Waals surface area contributed by atoms with Crippen molar-refractivity contribution in [1.82, 2.24) is 10.2 Å². The third kappa shape index (κ3) is 2.94. The second-order valence-electron chi connectivity index (χ2n) is 5.30. The molecular weight excluding hydrogens is 248 g/mol. The lowest BCUT2D eigenvalue weighted by molar-refractivity contribution is 0.128. The van der Waals surface area contributed by atoms with Gasteiger partial charge in [0.15, 0.2) is 0 Å². The molecule has 106 valence electrons. The Morgan fingerprint density at radius 1 is 1.15 bits per heavy atom. The van der Waals surface area contributed by atoms with Gasteiger partial charge in [-0.2, -0.15) is 0 Å². The van der Waals surface area contributed by atoms with Crippen LogP contribution in [0.1, 0.15) is 6.92 Å². The topological polar surface area (TPSA) is 24.5 Å². The van der Waals surface area contributed by atoms with E-state index in [2.05, 4.69) is 59.6 Å². The van der Waals surface area contributed by atoms with Crippen LogP contribution < -0.4 is 10.1 Å². The summed E-state index contributed by atoms with van der Waals surface area (Å²) in [5, 5.41) is 5.82. The van der Waals surface area contributed by atoms with E-state index in [1.54, 1.807) is 0 Å². The fourth-order valence-electron chi connectivity index (χ4n) is 2.67. The van der Waals surface area contributed by atoms with Gasteiger partial charge in [0.05, 0.1) is 0 Å². The molecule has 1 fully saturated rings. The molecule has 0 bridgehead atoms. The summed E-state index contributed by atoms with van der Waals surface area (Å²) in [5.74, 6) is 0.964. The quantitative estimate of drug-likeness (QED) is 0.873. The molecule has 0 saturated carbocycles. The molecule has 3 nitrogen and oxygen atoms in total. The number of nitrogens with one attached hydrogen (secondary N) is 1. The van der Waals surface area contributed by atoms with Crippen molar-refractivity contribution < 1.29 is 4.74 Å². The Bertz CT molecular complexity index is 566.